The lowest BCUT2D eigenvalue weighted by Gasteiger charge is -2.32. The molecule has 92 valence electrons. The first-order valence-electron chi connectivity index (χ1n) is 6.28. The lowest BCUT2D eigenvalue weighted by molar-refractivity contribution is -0.0205. The first-order chi connectivity index (χ1) is 8.36. The fraction of sp³-hybridized carbons (Fsp3) is 0.615. The molecule has 0 aliphatic carbocycles. The molecular formula is C13H18N2O2. The van der Waals surface area contributed by atoms with Crippen molar-refractivity contribution < 1.29 is 9.47 Å². The van der Waals surface area contributed by atoms with Gasteiger partial charge < -0.3 is 14.8 Å². The lowest BCUT2D eigenvalue weighted by Crippen LogP contribution is -2.41. The van der Waals surface area contributed by atoms with Gasteiger partial charge >= 0.3 is 0 Å². The average Bonchev–Trinajstić information content (AvgIpc) is 2.74. The smallest absolute Gasteiger partial charge is 0.138 e. The summed E-state index contributed by atoms with van der Waals surface area (Å²) in [4.78, 5) is 4.05. The molecule has 4 nitrogen and oxygen atoms in total. The van der Waals surface area contributed by atoms with Crippen molar-refractivity contribution in [2.45, 2.75) is 31.0 Å². The maximum atomic E-state index is 5.98. The predicted molar refractivity (Wildman–Crippen MR) is 64.1 cm³/mol. The Morgan fingerprint density at radius 3 is 3.06 bits per heavy atom. The minimum absolute atomic E-state index is 0.0676. The summed E-state index contributed by atoms with van der Waals surface area (Å²) in [5.74, 6) is 0.840. The third-order valence-electron chi connectivity index (χ3n) is 3.63. The maximum Gasteiger partial charge on any atom is 0.138 e. The second-order valence-corrected chi connectivity index (χ2v) is 4.88. The van der Waals surface area contributed by atoms with E-state index in [0.29, 0.717) is 6.61 Å². The molecule has 1 aromatic heterocycles. The highest BCUT2D eigenvalue weighted by atomic mass is 16.6. The summed E-state index contributed by atoms with van der Waals surface area (Å²) >= 11 is 0. The summed E-state index contributed by atoms with van der Waals surface area (Å²) in [5, 5.41) is 3.37. The molecule has 2 aliphatic rings. The van der Waals surface area contributed by atoms with Crippen LogP contribution in [-0.2, 0) is 4.74 Å². The van der Waals surface area contributed by atoms with Crippen molar-refractivity contribution in [1.29, 1.82) is 0 Å². The summed E-state index contributed by atoms with van der Waals surface area (Å²) in [6, 6.07) is 3.84. The van der Waals surface area contributed by atoms with Gasteiger partial charge in [0.2, 0.25) is 0 Å². The van der Waals surface area contributed by atoms with Gasteiger partial charge in [0.05, 0.1) is 18.4 Å². The molecule has 0 radical (unpaired) electrons. The minimum Gasteiger partial charge on any atom is -0.486 e. The Balaban J connectivity index is 1.60. The Morgan fingerprint density at radius 1 is 1.41 bits per heavy atom. The number of ether oxygens (including phenoxy) is 2. The summed E-state index contributed by atoms with van der Waals surface area (Å²) in [7, 11) is 0. The van der Waals surface area contributed by atoms with E-state index in [4.69, 9.17) is 9.47 Å². The highest BCUT2D eigenvalue weighted by molar-refractivity contribution is 5.16. The Kier molecular flexibility index (Phi) is 2.99. The van der Waals surface area contributed by atoms with Gasteiger partial charge in [-0.2, -0.15) is 0 Å². The fourth-order valence-corrected chi connectivity index (χ4v) is 2.72. The largest absolute Gasteiger partial charge is 0.486 e. The third kappa shape index (κ3) is 2.42. The summed E-state index contributed by atoms with van der Waals surface area (Å²) in [6.45, 7) is 2.81. The van der Waals surface area contributed by atoms with Crippen LogP contribution >= 0.6 is 0 Å². The van der Waals surface area contributed by atoms with E-state index >= 15 is 0 Å². The Bertz CT molecular complexity index is 363. The second-order valence-electron chi connectivity index (χ2n) is 4.88. The molecule has 1 spiro atoms. The lowest BCUT2D eigenvalue weighted by atomic mass is 9.89. The topological polar surface area (TPSA) is 43.4 Å². The molecule has 1 atom stereocenters. The Morgan fingerprint density at radius 2 is 2.29 bits per heavy atom. The van der Waals surface area contributed by atoms with Crippen LogP contribution in [0.1, 0.15) is 19.3 Å². The Hall–Kier alpha value is -1.13. The fourth-order valence-electron chi connectivity index (χ4n) is 2.72. The molecule has 0 amide bonds. The number of nitrogens with zero attached hydrogens (tertiary/aromatic N) is 1. The number of pyridine rings is 1. The van der Waals surface area contributed by atoms with E-state index in [1.54, 1.807) is 12.4 Å². The van der Waals surface area contributed by atoms with Gasteiger partial charge in [-0.05, 0) is 38.1 Å². The molecule has 0 bridgehead atoms. The number of aromatic nitrogens is 1. The number of hydrogen-bond donors (Lipinski definition) is 1. The molecule has 3 rings (SSSR count). The van der Waals surface area contributed by atoms with Crippen LogP contribution in [0.4, 0.5) is 0 Å². The average molecular weight is 234 g/mol. The molecule has 1 N–H and O–H groups in total. The molecule has 2 aliphatic heterocycles. The summed E-state index contributed by atoms with van der Waals surface area (Å²) in [6.07, 6.45) is 6.89. The van der Waals surface area contributed by atoms with Crippen LogP contribution in [0.5, 0.6) is 5.75 Å². The number of nitrogens with one attached hydrogen (secondary N) is 1. The van der Waals surface area contributed by atoms with Gasteiger partial charge in [0.1, 0.15) is 11.9 Å². The molecule has 0 aromatic carbocycles. The molecular weight excluding hydrogens is 216 g/mol. The van der Waals surface area contributed by atoms with Gasteiger partial charge in [-0.15, -0.1) is 0 Å². The number of rotatable bonds is 2. The predicted octanol–water partition coefficient (Wildman–Crippen LogP) is 1.37. The van der Waals surface area contributed by atoms with E-state index in [0.717, 1.165) is 38.1 Å². The zero-order valence-electron chi connectivity index (χ0n) is 9.89. The third-order valence-corrected chi connectivity index (χ3v) is 3.63. The van der Waals surface area contributed by atoms with Crippen LogP contribution in [-0.4, -0.2) is 36.4 Å². The van der Waals surface area contributed by atoms with E-state index in [-0.39, 0.29) is 11.7 Å². The van der Waals surface area contributed by atoms with Crippen LogP contribution in [0, 0.1) is 0 Å². The van der Waals surface area contributed by atoms with Gasteiger partial charge in [0.15, 0.2) is 0 Å². The summed E-state index contributed by atoms with van der Waals surface area (Å²) < 4.78 is 11.9. The SMILES string of the molecule is c1cncc(O[C@@H]2COC3(CCNCC3)C2)c1. The number of piperidine rings is 1. The molecule has 0 unspecified atom stereocenters. The van der Waals surface area contributed by atoms with E-state index in [1.807, 2.05) is 12.1 Å². The van der Waals surface area contributed by atoms with E-state index in [9.17, 15) is 0 Å². The molecule has 4 heteroatoms. The van der Waals surface area contributed by atoms with Crippen LogP contribution in [0.3, 0.4) is 0 Å². The standard InChI is InChI=1S/C13H18N2O2/c1-2-11(9-15-5-1)17-12-8-13(16-10-12)3-6-14-7-4-13/h1-2,5,9,12,14H,3-4,6-8,10H2/t12-/m0/s1. The zero-order chi connectivity index (χ0) is 11.6. The Labute approximate surface area is 101 Å². The number of hydrogen-bond acceptors (Lipinski definition) is 4. The van der Waals surface area contributed by atoms with Crippen molar-refractivity contribution >= 4 is 0 Å². The summed E-state index contributed by atoms with van der Waals surface area (Å²) in [5.41, 5.74) is 0.0676. The van der Waals surface area contributed by atoms with Crippen LogP contribution < -0.4 is 10.1 Å². The monoisotopic (exact) mass is 234 g/mol. The zero-order valence-corrected chi connectivity index (χ0v) is 9.89. The van der Waals surface area contributed by atoms with Crippen LogP contribution in [0.15, 0.2) is 24.5 Å². The van der Waals surface area contributed by atoms with Crippen LogP contribution in [0.2, 0.25) is 0 Å². The van der Waals surface area contributed by atoms with Gasteiger partial charge in [-0.25, -0.2) is 0 Å². The van der Waals surface area contributed by atoms with Crippen LogP contribution in [0.25, 0.3) is 0 Å². The molecule has 2 fully saturated rings. The molecule has 1 aromatic rings. The van der Waals surface area contributed by atoms with E-state index in [2.05, 4.69) is 10.3 Å². The van der Waals surface area contributed by atoms with E-state index in [1.165, 1.54) is 0 Å². The van der Waals surface area contributed by atoms with E-state index < -0.39 is 0 Å². The molecule has 17 heavy (non-hydrogen) atoms. The highest BCUT2D eigenvalue weighted by Gasteiger charge is 2.42. The van der Waals surface area contributed by atoms with Crippen molar-refractivity contribution in [2.75, 3.05) is 19.7 Å². The normalized spacial score (nSPS) is 27.2. The second kappa shape index (κ2) is 4.63. The maximum absolute atomic E-state index is 5.98. The molecule has 2 saturated heterocycles. The highest BCUT2D eigenvalue weighted by Crippen LogP contribution is 2.35. The van der Waals surface area contributed by atoms with Gasteiger partial charge in [0.25, 0.3) is 0 Å². The minimum atomic E-state index is 0.0676. The quantitative estimate of drug-likeness (QED) is 0.839. The first-order valence-corrected chi connectivity index (χ1v) is 6.28. The van der Waals surface area contributed by atoms with Crippen molar-refractivity contribution in [1.82, 2.24) is 10.3 Å². The van der Waals surface area contributed by atoms with Gasteiger partial charge in [0, 0.05) is 12.6 Å². The first kappa shape index (κ1) is 11.0. The molecule has 0 saturated carbocycles. The van der Waals surface area contributed by atoms with Crippen molar-refractivity contribution in [2.24, 2.45) is 0 Å². The van der Waals surface area contributed by atoms with Crippen molar-refractivity contribution in [3.8, 4) is 5.75 Å². The van der Waals surface area contributed by atoms with Crippen molar-refractivity contribution in [3.05, 3.63) is 24.5 Å². The molecule has 3 heterocycles. The van der Waals surface area contributed by atoms with Crippen molar-refractivity contribution in [3.63, 3.8) is 0 Å². The van der Waals surface area contributed by atoms with Gasteiger partial charge in [-0.3, -0.25) is 4.98 Å². The van der Waals surface area contributed by atoms with Gasteiger partial charge in [-0.1, -0.05) is 0 Å².